The molecule has 0 aliphatic carbocycles. The predicted molar refractivity (Wildman–Crippen MR) is 42.5 cm³/mol. The van der Waals surface area contributed by atoms with Crippen molar-refractivity contribution in [2.75, 3.05) is 20.2 Å². The molecule has 0 amide bonds. The predicted octanol–water partition coefficient (Wildman–Crippen LogP) is 0.497. The van der Waals surface area contributed by atoms with Crippen LogP contribution < -0.4 is 5.32 Å². The van der Waals surface area contributed by atoms with Crippen LogP contribution in [0.4, 0.5) is 4.39 Å². The van der Waals surface area contributed by atoms with Gasteiger partial charge in [-0.1, -0.05) is 0 Å². The van der Waals surface area contributed by atoms with E-state index in [1.807, 2.05) is 0 Å². The van der Waals surface area contributed by atoms with Gasteiger partial charge in [-0.2, -0.15) is 0 Å². The summed E-state index contributed by atoms with van der Waals surface area (Å²) in [4.78, 5) is 10.8. The lowest BCUT2D eigenvalue weighted by molar-refractivity contribution is -0.142. The van der Waals surface area contributed by atoms with E-state index in [2.05, 4.69) is 10.1 Å². The number of halogens is 1. The molecular weight excluding hydrogens is 161 g/mol. The Balaban J connectivity index is 2.27. The first kappa shape index (κ1) is 9.45. The number of hydrogen-bond donors (Lipinski definition) is 1. The van der Waals surface area contributed by atoms with Crippen molar-refractivity contribution in [2.45, 2.75) is 19.0 Å². The van der Waals surface area contributed by atoms with Gasteiger partial charge in [-0.05, 0) is 18.9 Å². The van der Waals surface area contributed by atoms with Crippen LogP contribution in [0.25, 0.3) is 0 Å². The van der Waals surface area contributed by atoms with Crippen molar-refractivity contribution in [3.63, 3.8) is 0 Å². The number of piperidine rings is 1. The van der Waals surface area contributed by atoms with Gasteiger partial charge >= 0.3 is 5.97 Å². The summed E-state index contributed by atoms with van der Waals surface area (Å²) in [6.07, 6.45) is -0.0140. The Labute approximate surface area is 71.3 Å². The minimum Gasteiger partial charge on any atom is -0.469 e. The summed E-state index contributed by atoms with van der Waals surface area (Å²) >= 11 is 0. The van der Waals surface area contributed by atoms with E-state index < -0.39 is 6.17 Å². The molecule has 3 nitrogen and oxygen atoms in total. The van der Waals surface area contributed by atoms with Gasteiger partial charge in [-0.15, -0.1) is 0 Å². The van der Waals surface area contributed by atoms with Crippen LogP contribution in [0.2, 0.25) is 0 Å². The molecule has 2 unspecified atom stereocenters. The Morgan fingerprint density at radius 3 is 3.00 bits per heavy atom. The molecule has 0 aromatic carbocycles. The minimum atomic E-state index is -0.812. The molecule has 1 aliphatic heterocycles. The molecule has 1 N–H and O–H groups in total. The number of rotatable bonds is 2. The van der Waals surface area contributed by atoms with E-state index in [9.17, 15) is 9.18 Å². The van der Waals surface area contributed by atoms with E-state index in [0.29, 0.717) is 19.4 Å². The molecule has 2 atom stereocenters. The first-order valence-corrected chi connectivity index (χ1v) is 4.14. The standard InChI is InChI=1S/C8H14FNO2/c1-12-8(11)3-6-2-7(9)5-10-4-6/h6-7,10H,2-5H2,1H3. The van der Waals surface area contributed by atoms with Crippen molar-refractivity contribution in [3.05, 3.63) is 0 Å². The molecule has 0 bridgehead atoms. The van der Waals surface area contributed by atoms with Crippen LogP contribution in [0.3, 0.4) is 0 Å². The summed E-state index contributed by atoms with van der Waals surface area (Å²) in [7, 11) is 1.35. The Morgan fingerprint density at radius 2 is 2.42 bits per heavy atom. The van der Waals surface area contributed by atoms with Crippen LogP contribution in [0.5, 0.6) is 0 Å². The van der Waals surface area contributed by atoms with Gasteiger partial charge in [-0.3, -0.25) is 4.79 Å². The molecule has 0 spiro atoms. The summed E-state index contributed by atoms with van der Waals surface area (Å²) in [5, 5.41) is 2.93. The van der Waals surface area contributed by atoms with Gasteiger partial charge in [0.05, 0.1) is 7.11 Å². The molecule has 1 rings (SSSR count). The largest absolute Gasteiger partial charge is 0.469 e. The third kappa shape index (κ3) is 2.77. The zero-order chi connectivity index (χ0) is 8.97. The maximum atomic E-state index is 12.8. The van der Waals surface area contributed by atoms with E-state index in [-0.39, 0.29) is 11.9 Å². The number of ether oxygens (including phenoxy) is 1. The van der Waals surface area contributed by atoms with Crippen LogP contribution in [0.1, 0.15) is 12.8 Å². The maximum Gasteiger partial charge on any atom is 0.305 e. The SMILES string of the molecule is COC(=O)CC1CNCC(F)C1. The molecule has 0 saturated carbocycles. The Kier molecular flexibility index (Phi) is 3.47. The Bertz CT molecular complexity index is 163. The van der Waals surface area contributed by atoms with Crippen LogP contribution in [-0.4, -0.2) is 32.3 Å². The van der Waals surface area contributed by atoms with Gasteiger partial charge < -0.3 is 10.1 Å². The van der Waals surface area contributed by atoms with Gasteiger partial charge in [0.15, 0.2) is 0 Å². The van der Waals surface area contributed by atoms with Gasteiger partial charge in [0.2, 0.25) is 0 Å². The van der Waals surface area contributed by atoms with Crippen molar-refractivity contribution < 1.29 is 13.9 Å². The highest BCUT2D eigenvalue weighted by Gasteiger charge is 2.23. The summed E-state index contributed by atoms with van der Waals surface area (Å²) in [5.41, 5.74) is 0. The lowest BCUT2D eigenvalue weighted by Gasteiger charge is -2.24. The molecule has 1 heterocycles. The van der Waals surface area contributed by atoms with Crippen molar-refractivity contribution in [1.82, 2.24) is 5.32 Å². The fourth-order valence-corrected chi connectivity index (χ4v) is 1.45. The lowest BCUT2D eigenvalue weighted by Crippen LogP contribution is -2.38. The number of hydrogen-bond acceptors (Lipinski definition) is 3. The summed E-state index contributed by atoms with van der Waals surface area (Å²) in [5.74, 6) is -0.155. The number of carbonyl (C=O) groups is 1. The fourth-order valence-electron chi connectivity index (χ4n) is 1.45. The maximum absolute atomic E-state index is 12.8. The first-order valence-electron chi connectivity index (χ1n) is 4.14. The third-order valence-electron chi connectivity index (χ3n) is 2.07. The highest BCUT2D eigenvalue weighted by molar-refractivity contribution is 5.69. The summed E-state index contributed by atoms with van der Waals surface area (Å²) < 4.78 is 17.3. The number of carbonyl (C=O) groups excluding carboxylic acids is 1. The van der Waals surface area contributed by atoms with Crippen LogP contribution >= 0.6 is 0 Å². The molecule has 0 radical (unpaired) electrons. The summed E-state index contributed by atoms with van der Waals surface area (Å²) in [6.45, 7) is 1.13. The molecule has 0 aromatic rings. The fraction of sp³-hybridized carbons (Fsp3) is 0.875. The number of alkyl halides is 1. The number of methoxy groups -OCH3 is 1. The van der Waals surface area contributed by atoms with Crippen molar-refractivity contribution in [1.29, 1.82) is 0 Å². The minimum absolute atomic E-state index is 0.0983. The second-order valence-electron chi connectivity index (χ2n) is 3.14. The second-order valence-corrected chi connectivity index (χ2v) is 3.14. The molecule has 1 aliphatic rings. The molecule has 4 heteroatoms. The van der Waals surface area contributed by atoms with E-state index in [0.717, 1.165) is 6.54 Å². The van der Waals surface area contributed by atoms with E-state index in [4.69, 9.17) is 0 Å². The quantitative estimate of drug-likeness (QED) is 0.621. The Morgan fingerprint density at radius 1 is 1.67 bits per heavy atom. The normalized spacial score (nSPS) is 29.8. The molecule has 0 aromatic heterocycles. The van der Waals surface area contributed by atoms with Gasteiger partial charge in [0.25, 0.3) is 0 Å². The van der Waals surface area contributed by atoms with Crippen molar-refractivity contribution in [3.8, 4) is 0 Å². The average molecular weight is 175 g/mol. The van der Waals surface area contributed by atoms with E-state index in [1.165, 1.54) is 7.11 Å². The van der Waals surface area contributed by atoms with E-state index >= 15 is 0 Å². The van der Waals surface area contributed by atoms with Crippen molar-refractivity contribution in [2.24, 2.45) is 5.92 Å². The summed E-state index contributed by atoms with van der Waals surface area (Å²) in [6, 6.07) is 0. The van der Waals surface area contributed by atoms with Crippen molar-refractivity contribution >= 4 is 5.97 Å². The average Bonchev–Trinajstić information content (AvgIpc) is 2.04. The zero-order valence-corrected chi connectivity index (χ0v) is 7.18. The Hall–Kier alpha value is -0.640. The smallest absolute Gasteiger partial charge is 0.305 e. The monoisotopic (exact) mass is 175 g/mol. The second kappa shape index (κ2) is 4.40. The van der Waals surface area contributed by atoms with Crippen LogP contribution in [0, 0.1) is 5.92 Å². The molecule has 70 valence electrons. The van der Waals surface area contributed by atoms with Crippen LogP contribution in [0.15, 0.2) is 0 Å². The number of esters is 1. The first-order chi connectivity index (χ1) is 5.72. The van der Waals surface area contributed by atoms with Gasteiger partial charge in [0.1, 0.15) is 6.17 Å². The highest BCUT2D eigenvalue weighted by Crippen LogP contribution is 2.16. The zero-order valence-electron chi connectivity index (χ0n) is 7.18. The number of nitrogens with one attached hydrogen (secondary N) is 1. The highest BCUT2D eigenvalue weighted by atomic mass is 19.1. The third-order valence-corrected chi connectivity index (χ3v) is 2.07. The molecule has 1 saturated heterocycles. The molecular formula is C8H14FNO2. The van der Waals surface area contributed by atoms with Gasteiger partial charge in [-0.25, -0.2) is 4.39 Å². The lowest BCUT2D eigenvalue weighted by atomic mass is 9.95. The molecule has 1 fully saturated rings. The van der Waals surface area contributed by atoms with E-state index in [1.54, 1.807) is 0 Å². The topological polar surface area (TPSA) is 38.3 Å². The van der Waals surface area contributed by atoms with Crippen LogP contribution in [-0.2, 0) is 9.53 Å². The van der Waals surface area contributed by atoms with Gasteiger partial charge in [0, 0.05) is 13.0 Å². The molecule has 12 heavy (non-hydrogen) atoms.